The Bertz CT molecular complexity index is 1030. The van der Waals surface area contributed by atoms with Gasteiger partial charge < -0.3 is 10.2 Å². The first kappa shape index (κ1) is 19.4. The number of nitrogens with one attached hydrogen (secondary N) is 1. The molecule has 1 N–H and O–H groups in total. The molecule has 1 saturated heterocycles. The lowest BCUT2D eigenvalue weighted by Gasteiger charge is -2.33. The largest absolute Gasteiger partial charge is 0.380 e. The summed E-state index contributed by atoms with van der Waals surface area (Å²) in [4.78, 5) is 23.6. The van der Waals surface area contributed by atoms with Gasteiger partial charge in [0.15, 0.2) is 0 Å². The van der Waals surface area contributed by atoms with Crippen LogP contribution < -0.4 is 15.8 Å². The molecule has 0 aliphatic carbocycles. The van der Waals surface area contributed by atoms with E-state index in [1.54, 1.807) is 12.5 Å². The SMILES string of the molecule is CCc1cc(N2CCC(Nc3cnn(-c4ccccc4)c(=O)c3Cl)CC2)ncn1. The van der Waals surface area contributed by atoms with Crippen LogP contribution in [0.3, 0.4) is 0 Å². The van der Waals surface area contributed by atoms with Crippen molar-refractivity contribution >= 4 is 23.1 Å². The number of nitrogens with zero attached hydrogens (tertiary/aromatic N) is 5. The predicted molar refractivity (Wildman–Crippen MR) is 115 cm³/mol. The van der Waals surface area contributed by atoms with E-state index in [0.717, 1.165) is 43.9 Å². The van der Waals surface area contributed by atoms with E-state index in [0.29, 0.717) is 11.4 Å². The highest BCUT2D eigenvalue weighted by Crippen LogP contribution is 2.23. The highest BCUT2D eigenvalue weighted by molar-refractivity contribution is 6.33. The average Bonchev–Trinajstić information content (AvgIpc) is 2.78. The molecule has 1 aliphatic heterocycles. The molecule has 1 fully saturated rings. The van der Waals surface area contributed by atoms with Gasteiger partial charge in [-0.15, -0.1) is 0 Å². The second-order valence-electron chi connectivity index (χ2n) is 7.05. The summed E-state index contributed by atoms with van der Waals surface area (Å²) in [5.74, 6) is 0.973. The summed E-state index contributed by atoms with van der Waals surface area (Å²) in [6, 6.07) is 11.5. The molecular weight excluding hydrogens is 388 g/mol. The Morgan fingerprint density at radius 3 is 2.66 bits per heavy atom. The van der Waals surface area contributed by atoms with Crippen LogP contribution in [0.1, 0.15) is 25.5 Å². The Kier molecular flexibility index (Phi) is 5.76. The molecule has 0 bridgehead atoms. The normalized spacial score (nSPS) is 14.8. The highest BCUT2D eigenvalue weighted by atomic mass is 35.5. The van der Waals surface area contributed by atoms with Gasteiger partial charge >= 0.3 is 0 Å². The number of anilines is 2. The van der Waals surface area contributed by atoms with E-state index in [2.05, 4.69) is 38.3 Å². The number of aromatic nitrogens is 4. The minimum Gasteiger partial charge on any atom is -0.380 e. The zero-order chi connectivity index (χ0) is 20.2. The molecule has 2 aromatic heterocycles. The van der Waals surface area contributed by atoms with Crippen molar-refractivity contribution in [2.24, 2.45) is 0 Å². The third kappa shape index (κ3) is 4.24. The van der Waals surface area contributed by atoms with Crippen molar-refractivity contribution in [1.82, 2.24) is 19.7 Å². The molecule has 29 heavy (non-hydrogen) atoms. The molecule has 0 spiro atoms. The zero-order valence-electron chi connectivity index (χ0n) is 16.3. The topological polar surface area (TPSA) is 75.9 Å². The molecule has 0 amide bonds. The second kappa shape index (κ2) is 8.61. The molecule has 1 aliphatic rings. The van der Waals surface area contributed by atoms with Gasteiger partial charge in [0, 0.05) is 30.9 Å². The minimum absolute atomic E-state index is 0.162. The maximum absolute atomic E-state index is 12.6. The van der Waals surface area contributed by atoms with Crippen molar-refractivity contribution in [2.45, 2.75) is 32.2 Å². The maximum atomic E-state index is 12.6. The number of piperidine rings is 1. The van der Waals surface area contributed by atoms with Crippen LogP contribution in [0.15, 0.2) is 53.7 Å². The van der Waals surface area contributed by atoms with Gasteiger partial charge in [0.25, 0.3) is 5.56 Å². The first-order chi connectivity index (χ1) is 14.2. The fourth-order valence-electron chi connectivity index (χ4n) is 3.51. The second-order valence-corrected chi connectivity index (χ2v) is 7.43. The third-order valence-corrected chi connectivity index (χ3v) is 5.54. The number of hydrogen-bond acceptors (Lipinski definition) is 6. The Balaban J connectivity index is 1.43. The zero-order valence-corrected chi connectivity index (χ0v) is 17.0. The number of aryl methyl sites for hydroxylation is 1. The Morgan fingerprint density at radius 1 is 1.17 bits per heavy atom. The third-order valence-electron chi connectivity index (χ3n) is 5.17. The van der Waals surface area contributed by atoms with Crippen molar-refractivity contribution in [3.8, 4) is 5.69 Å². The molecule has 4 rings (SSSR count). The van der Waals surface area contributed by atoms with Crippen molar-refractivity contribution in [3.05, 3.63) is 70.0 Å². The van der Waals surface area contributed by atoms with Gasteiger partial charge in [0.1, 0.15) is 17.2 Å². The van der Waals surface area contributed by atoms with Crippen LogP contribution in [-0.4, -0.2) is 38.9 Å². The molecule has 1 aromatic carbocycles. The van der Waals surface area contributed by atoms with Crippen molar-refractivity contribution in [3.63, 3.8) is 0 Å². The molecule has 3 aromatic rings. The molecule has 0 atom stereocenters. The average molecular weight is 411 g/mol. The van der Waals surface area contributed by atoms with Crippen LogP contribution in [0.5, 0.6) is 0 Å². The maximum Gasteiger partial charge on any atom is 0.292 e. The quantitative estimate of drug-likeness (QED) is 0.695. The van der Waals surface area contributed by atoms with Gasteiger partial charge in [0.2, 0.25) is 0 Å². The summed E-state index contributed by atoms with van der Waals surface area (Å²) in [6.07, 6.45) is 5.99. The van der Waals surface area contributed by atoms with E-state index in [1.165, 1.54) is 4.68 Å². The van der Waals surface area contributed by atoms with E-state index in [1.807, 2.05) is 30.3 Å². The summed E-state index contributed by atoms with van der Waals surface area (Å²) in [7, 11) is 0. The van der Waals surface area contributed by atoms with Gasteiger partial charge in [-0.3, -0.25) is 4.79 Å². The van der Waals surface area contributed by atoms with Gasteiger partial charge in [-0.2, -0.15) is 9.78 Å². The molecule has 0 unspecified atom stereocenters. The van der Waals surface area contributed by atoms with Crippen LogP contribution in [0.2, 0.25) is 5.02 Å². The summed E-state index contributed by atoms with van der Waals surface area (Å²) in [5, 5.41) is 7.84. The van der Waals surface area contributed by atoms with Gasteiger partial charge in [0.05, 0.1) is 17.6 Å². The number of halogens is 1. The Hall–Kier alpha value is -2.93. The highest BCUT2D eigenvalue weighted by Gasteiger charge is 2.22. The van der Waals surface area contributed by atoms with Gasteiger partial charge in [-0.05, 0) is 31.4 Å². The Morgan fingerprint density at radius 2 is 1.93 bits per heavy atom. The standard InChI is InChI=1S/C21H23ClN6O/c1-2-15-12-19(24-14-23-15)27-10-8-16(9-11-27)26-18-13-25-28(21(29)20(18)22)17-6-4-3-5-7-17/h3-7,12-14,16,26H,2,8-11H2,1H3. The lowest BCUT2D eigenvalue weighted by molar-refractivity contribution is 0.522. The van der Waals surface area contributed by atoms with E-state index < -0.39 is 0 Å². The lowest BCUT2D eigenvalue weighted by Crippen LogP contribution is -2.40. The van der Waals surface area contributed by atoms with E-state index in [4.69, 9.17) is 11.6 Å². The summed E-state index contributed by atoms with van der Waals surface area (Å²) in [5.41, 5.74) is 1.99. The van der Waals surface area contributed by atoms with Crippen LogP contribution in [0, 0.1) is 0 Å². The van der Waals surface area contributed by atoms with Gasteiger partial charge in [-0.1, -0.05) is 36.7 Å². The molecule has 0 saturated carbocycles. The van der Waals surface area contributed by atoms with Crippen LogP contribution in [0.4, 0.5) is 11.5 Å². The van der Waals surface area contributed by atoms with Gasteiger partial charge in [-0.25, -0.2) is 9.97 Å². The molecule has 7 nitrogen and oxygen atoms in total. The van der Waals surface area contributed by atoms with E-state index in [-0.39, 0.29) is 16.6 Å². The molecular formula is C21H23ClN6O. The smallest absolute Gasteiger partial charge is 0.292 e. The number of hydrogen-bond donors (Lipinski definition) is 1. The molecule has 150 valence electrons. The van der Waals surface area contributed by atoms with Crippen molar-refractivity contribution in [2.75, 3.05) is 23.3 Å². The minimum atomic E-state index is -0.326. The first-order valence-corrected chi connectivity index (χ1v) is 10.2. The first-order valence-electron chi connectivity index (χ1n) is 9.81. The molecule has 0 radical (unpaired) electrons. The van der Waals surface area contributed by atoms with Crippen molar-refractivity contribution in [1.29, 1.82) is 0 Å². The van der Waals surface area contributed by atoms with E-state index >= 15 is 0 Å². The van der Waals surface area contributed by atoms with Crippen LogP contribution in [0.25, 0.3) is 5.69 Å². The number of para-hydroxylation sites is 1. The predicted octanol–water partition coefficient (Wildman–Crippen LogP) is 3.32. The van der Waals surface area contributed by atoms with E-state index in [9.17, 15) is 4.79 Å². The number of benzene rings is 1. The lowest BCUT2D eigenvalue weighted by atomic mass is 10.0. The number of rotatable bonds is 5. The molecule has 8 heteroatoms. The fourth-order valence-corrected chi connectivity index (χ4v) is 3.69. The summed E-state index contributed by atoms with van der Waals surface area (Å²) < 4.78 is 1.32. The summed E-state index contributed by atoms with van der Waals surface area (Å²) >= 11 is 6.36. The van der Waals surface area contributed by atoms with Crippen LogP contribution in [-0.2, 0) is 6.42 Å². The Labute approximate surface area is 174 Å². The molecule has 3 heterocycles. The van der Waals surface area contributed by atoms with Crippen LogP contribution >= 0.6 is 11.6 Å². The monoisotopic (exact) mass is 410 g/mol. The fraction of sp³-hybridized carbons (Fsp3) is 0.333. The van der Waals surface area contributed by atoms with Crippen molar-refractivity contribution < 1.29 is 0 Å². The summed E-state index contributed by atoms with van der Waals surface area (Å²) in [6.45, 7) is 3.85.